The van der Waals surface area contributed by atoms with Crippen LogP contribution in [-0.4, -0.2) is 17.5 Å². The largest absolute Gasteiger partial charge is 0.759 e. The Bertz CT molecular complexity index is 714. The second-order valence-electron chi connectivity index (χ2n) is 3.62. The fourth-order valence-corrected chi connectivity index (χ4v) is 5.75. The molecule has 2 rings (SSSR count). The molecule has 120 valence electrons. The molecule has 0 fully saturated rings. The van der Waals surface area contributed by atoms with Gasteiger partial charge in [-0.3, -0.25) is 8.42 Å². The standard InChI is InChI=1S/C12H6Br2Cl2I.H2O4S/c13-9-5-7(15)1-3-11(9)17-12-4-2-8(16)6-10(12)14;1-5(2,3)4/h1-6H;(H2,1,2,3,4)/q+1;/p-2. The molecule has 0 aromatic heterocycles. The zero-order valence-electron chi connectivity index (χ0n) is 10.4. The van der Waals surface area contributed by atoms with Crippen LogP contribution in [0.4, 0.5) is 0 Å². The quantitative estimate of drug-likeness (QED) is 0.225. The molecule has 22 heavy (non-hydrogen) atoms. The van der Waals surface area contributed by atoms with Crippen molar-refractivity contribution >= 4 is 65.5 Å². The lowest BCUT2D eigenvalue weighted by atomic mass is 10.4. The van der Waals surface area contributed by atoms with Crippen molar-refractivity contribution in [1.82, 2.24) is 0 Å². The van der Waals surface area contributed by atoms with Crippen LogP contribution in [0.25, 0.3) is 0 Å². The van der Waals surface area contributed by atoms with E-state index in [9.17, 15) is 0 Å². The van der Waals surface area contributed by atoms with E-state index in [1.165, 1.54) is 7.14 Å². The fraction of sp³-hybridized carbons (Fsp3) is 0. The van der Waals surface area contributed by atoms with E-state index in [4.69, 9.17) is 40.7 Å². The van der Waals surface area contributed by atoms with Gasteiger partial charge in [0, 0.05) is 20.4 Å². The first kappa shape index (κ1) is 20.6. The lowest BCUT2D eigenvalue weighted by Crippen LogP contribution is -3.61. The topological polar surface area (TPSA) is 80.3 Å². The maximum Gasteiger partial charge on any atom is 0.360 e. The number of benzene rings is 2. The molecule has 2 aromatic carbocycles. The van der Waals surface area contributed by atoms with Crippen LogP contribution in [0.5, 0.6) is 0 Å². The minimum Gasteiger partial charge on any atom is -0.759 e. The third kappa shape index (κ3) is 8.44. The lowest BCUT2D eigenvalue weighted by molar-refractivity contribution is -0.599. The summed E-state index contributed by atoms with van der Waals surface area (Å²) in [5, 5.41) is 1.50. The molecular weight excluding hydrogens is 598 g/mol. The first-order chi connectivity index (χ1) is 10.1. The van der Waals surface area contributed by atoms with Crippen molar-refractivity contribution in [3.05, 3.63) is 62.5 Å². The smallest absolute Gasteiger partial charge is 0.360 e. The van der Waals surface area contributed by atoms with Gasteiger partial charge < -0.3 is 9.11 Å². The Morgan fingerprint density at radius 1 is 0.864 bits per heavy atom. The summed E-state index contributed by atoms with van der Waals surface area (Å²) in [5.74, 6) is 0. The Morgan fingerprint density at radius 2 is 1.18 bits per heavy atom. The third-order valence-electron chi connectivity index (χ3n) is 1.97. The van der Waals surface area contributed by atoms with Crippen LogP contribution in [0.1, 0.15) is 0 Å². The van der Waals surface area contributed by atoms with Crippen LogP contribution in [0.15, 0.2) is 45.3 Å². The molecule has 0 unspecified atom stereocenters. The molecule has 0 aliphatic heterocycles. The van der Waals surface area contributed by atoms with Crippen molar-refractivity contribution in [1.29, 1.82) is 0 Å². The van der Waals surface area contributed by atoms with Crippen molar-refractivity contribution in [2.45, 2.75) is 0 Å². The fourth-order valence-electron chi connectivity index (χ4n) is 1.20. The molecular formula is C12H6Br2Cl2IO4S-. The van der Waals surface area contributed by atoms with Crippen LogP contribution in [0.3, 0.4) is 0 Å². The summed E-state index contributed by atoms with van der Waals surface area (Å²) in [5.41, 5.74) is 0. The van der Waals surface area contributed by atoms with Crippen LogP contribution in [-0.2, 0) is 10.4 Å². The van der Waals surface area contributed by atoms with Crippen LogP contribution >= 0.6 is 55.1 Å². The maximum atomic E-state index is 8.52. The molecule has 10 heteroatoms. The average molecular weight is 604 g/mol. The summed E-state index contributed by atoms with van der Waals surface area (Å²) in [6.45, 7) is 0. The Balaban J connectivity index is 0.000000422. The number of halogens is 5. The third-order valence-corrected chi connectivity index (χ3v) is 8.28. The van der Waals surface area contributed by atoms with Crippen molar-refractivity contribution in [2.24, 2.45) is 0 Å². The van der Waals surface area contributed by atoms with Gasteiger partial charge in [0.2, 0.25) is 7.14 Å². The van der Waals surface area contributed by atoms with E-state index in [0.717, 1.165) is 19.0 Å². The molecule has 0 bridgehead atoms. The molecule has 0 heterocycles. The highest BCUT2D eigenvalue weighted by Gasteiger charge is 2.22. The first-order valence-electron chi connectivity index (χ1n) is 5.28. The zero-order chi connectivity index (χ0) is 16.9. The summed E-state index contributed by atoms with van der Waals surface area (Å²) in [6.07, 6.45) is 0. The normalized spacial score (nSPS) is 10.8. The van der Waals surface area contributed by atoms with Gasteiger partial charge in [-0.2, -0.15) is 0 Å². The molecule has 0 spiro atoms. The molecule has 0 atom stereocenters. The van der Waals surface area contributed by atoms with Gasteiger partial charge in [-0.05, 0) is 68.3 Å². The number of hydrogen-bond donors (Lipinski definition) is 0. The van der Waals surface area contributed by atoms with Crippen LogP contribution in [0, 0.1) is 7.14 Å². The number of hydrogen-bond acceptors (Lipinski definition) is 4. The Kier molecular flexibility index (Phi) is 8.59. The predicted octanol–water partition coefficient (Wildman–Crippen LogP) is 1.31. The van der Waals surface area contributed by atoms with E-state index in [1.54, 1.807) is 0 Å². The van der Waals surface area contributed by atoms with Crippen molar-refractivity contribution < 1.29 is 38.7 Å². The summed E-state index contributed by atoms with van der Waals surface area (Å²) < 4.78 is 38.8. The minimum atomic E-state index is -5.17. The van der Waals surface area contributed by atoms with Crippen LogP contribution < -0.4 is 21.2 Å². The second kappa shape index (κ2) is 9.16. The van der Waals surface area contributed by atoms with Gasteiger partial charge >= 0.3 is 21.2 Å². The van der Waals surface area contributed by atoms with Gasteiger partial charge in [-0.1, -0.05) is 23.2 Å². The highest BCUT2D eigenvalue weighted by molar-refractivity contribution is 9.10. The van der Waals surface area contributed by atoms with Crippen molar-refractivity contribution in [3.8, 4) is 0 Å². The maximum absolute atomic E-state index is 8.52. The van der Waals surface area contributed by atoms with Gasteiger partial charge in [0.05, 0.1) is 8.95 Å². The summed E-state index contributed by atoms with van der Waals surface area (Å²) in [6, 6.07) is 11.8. The van der Waals surface area contributed by atoms with Crippen LogP contribution in [0.2, 0.25) is 10.0 Å². The molecule has 0 aliphatic carbocycles. The van der Waals surface area contributed by atoms with Gasteiger partial charge in [-0.15, -0.1) is 0 Å². The van der Waals surface area contributed by atoms with E-state index in [0.29, 0.717) is 0 Å². The Hall–Kier alpha value is 0.580. The monoisotopic (exact) mass is 601 g/mol. The molecule has 0 aliphatic rings. The average Bonchev–Trinajstić information content (AvgIpc) is 2.33. The van der Waals surface area contributed by atoms with E-state index < -0.39 is 10.4 Å². The lowest BCUT2D eigenvalue weighted by Gasteiger charge is -2.06. The van der Waals surface area contributed by atoms with Gasteiger partial charge in [-0.25, -0.2) is 0 Å². The molecule has 0 saturated carbocycles. The zero-order valence-corrected chi connectivity index (χ0v) is 18.1. The minimum absolute atomic E-state index is 0.251. The summed E-state index contributed by atoms with van der Waals surface area (Å²) in [7, 11) is -5.17. The Morgan fingerprint density at radius 3 is 1.45 bits per heavy atom. The van der Waals surface area contributed by atoms with E-state index >= 15 is 0 Å². The first-order valence-corrected chi connectivity index (χ1v) is 11.1. The van der Waals surface area contributed by atoms with Crippen molar-refractivity contribution in [3.63, 3.8) is 0 Å². The second-order valence-corrected chi connectivity index (χ2v) is 9.88. The molecule has 0 amide bonds. The van der Waals surface area contributed by atoms with E-state index in [2.05, 4.69) is 44.0 Å². The van der Waals surface area contributed by atoms with Crippen molar-refractivity contribution in [2.75, 3.05) is 0 Å². The summed E-state index contributed by atoms with van der Waals surface area (Å²) >= 11 is 18.7. The highest BCUT2D eigenvalue weighted by atomic mass is 127. The summed E-state index contributed by atoms with van der Waals surface area (Å²) in [4.78, 5) is 0. The van der Waals surface area contributed by atoms with E-state index in [-0.39, 0.29) is 21.2 Å². The molecule has 4 nitrogen and oxygen atoms in total. The van der Waals surface area contributed by atoms with E-state index in [1.807, 2.05) is 24.3 Å². The van der Waals surface area contributed by atoms with Gasteiger partial charge in [0.1, 0.15) is 0 Å². The SMILES string of the molecule is Clc1ccc([I+]c2ccc(Cl)cc2Br)c(Br)c1.O=S(=O)([O-])[O-]. The van der Waals surface area contributed by atoms with Gasteiger partial charge in [0.15, 0.2) is 0 Å². The highest BCUT2D eigenvalue weighted by Crippen LogP contribution is 2.17. The molecule has 0 radical (unpaired) electrons. The molecule has 2 aromatic rings. The number of rotatable bonds is 2. The van der Waals surface area contributed by atoms with Gasteiger partial charge in [0.25, 0.3) is 0 Å². The Labute approximate surface area is 165 Å². The molecule has 0 saturated heterocycles. The predicted molar refractivity (Wildman–Crippen MR) is 86.2 cm³/mol. The molecule has 0 N–H and O–H groups in total.